The van der Waals surface area contributed by atoms with Gasteiger partial charge in [0.1, 0.15) is 0 Å². The minimum atomic E-state index is -1.23. The standard InChI is InChI=1S/C10H8F2O4/c1-7(11)9(13)15-5-3-4-6-16-10(14)8(2)12/h1-2,5-6H2. The average molecular weight is 230 g/mol. The lowest BCUT2D eigenvalue weighted by Gasteiger charge is -1.96. The van der Waals surface area contributed by atoms with Crippen molar-refractivity contribution in [2.45, 2.75) is 0 Å². The van der Waals surface area contributed by atoms with Gasteiger partial charge < -0.3 is 9.47 Å². The second-order valence-electron chi connectivity index (χ2n) is 2.32. The number of halogens is 2. The van der Waals surface area contributed by atoms with Crippen molar-refractivity contribution in [2.75, 3.05) is 13.2 Å². The minimum Gasteiger partial charge on any atom is -0.447 e. The van der Waals surface area contributed by atoms with Crippen molar-refractivity contribution in [1.82, 2.24) is 0 Å². The Morgan fingerprint density at radius 2 is 1.25 bits per heavy atom. The van der Waals surface area contributed by atoms with Crippen molar-refractivity contribution in [3.05, 3.63) is 24.8 Å². The lowest BCUT2D eigenvalue weighted by molar-refractivity contribution is -0.140. The summed E-state index contributed by atoms with van der Waals surface area (Å²) in [4.78, 5) is 20.9. The zero-order valence-corrected chi connectivity index (χ0v) is 8.22. The first-order chi connectivity index (χ1) is 7.45. The topological polar surface area (TPSA) is 52.6 Å². The van der Waals surface area contributed by atoms with Gasteiger partial charge in [0.25, 0.3) is 0 Å². The summed E-state index contributed by atoms with van der Waals surface area (Å²) in [5.41, 5.74) is 0. The molecule has 86 valence electrons. The molecule has 0 aromatic carbocycles. The molecule has 0 unspecified atom stereocenters. The van der Waals surface area contributed by atoms with Crippen LogP contribution in [0.5, 0.6) is 0 Å². The highest BCUT2D eigenvalue weighted by Gasteiger charge is 2.05. The van der Waals surface area contributed by atoms with Crippen molar-refractivity contribution in [3.63, 3.8) is 0 Å². The predicted molar refractivity (Wildman–Crippen MR) is 50.2 cm³/mol. The first kappa shape index (κ1) is 13.8. The molecule has 0 heterocycles. The largest absolute Gasteiger partial charge is 0.447 e. The Hall–Kier alpha value is -2.16. The van der Waals surface area contributed by atoms with Crippen molar-refractivity contribution in [2.24, 2.45) is 0 Å². The van der Waals surface area contributed by atoms with Crippen LogP contribution in [0.4, 0.5) is 8.78 Å². The zero-order chi connectivity index (χ0) is 12.6. The molecule has 0 amide bonds. The van der Waals surface area contributed by atoms with Crippen molar-refractivity contribution >= 4 is 11.9 Å². The number of carbonyl (C=O) groups excluding carboxylic acids is 2. The molecule has 6 heteroatoms. The van der Waals surface area contributed by atoms with Crippen molar-refractivity contribution < 1.29 is 27.8 Å². The molecular weight excluding hydrogens is 222 g/mol. The predicted octanol–water partition coefficient (Wildman–Crippen LogP) is 1.04. The van der Waals surface area contributed by atoms with Crippen molar-refractivity contribution in [1.29, 1.82) is 0 Å². The number of rotatable bonds is 4. The molecule has 0 atom stereocenters. The van der Waals surface area contributed by atoms with Gasteiger partial charge in [-0.2, -0.15) is 8.78 Å². The first-order valence-electron chi connectivity index (χ1n) is 3.94. The van der Waals surface area contributed by atoms with Gasteiger partial charge in [0.05, 0.1) is 0 Å². The number of hydrogen-bond donors (Lipinski definition) is 0. The summed E-state index contributed by atoms with van der Waals surface area (Å²) in [7, 11) is 0. The van der Waals surface area contributed by atoms with Gasteiger partial charge in [0, 0.05) is 0 Å². The minimum absolute atomic E-state index is 0.379. The molecule has 4 nitrogen and oxygen atoms in total. The maximum Gasteiger partial charge on any atom is 0.367 e. The van der Waals surface area contributed by atoms with Gasteiger partial charge in [-0.25, -0.2) is 9.59 Å². The Kier molecular flexibility index (Phi) is 6.21. The highest BCUT2D eigenvalue weighted by molar-refractivity contribution is 5.85. The second-order valence-corrected chi connectivity index (χ2v) is 2.32. The Balaban J connectivity index is 3.72. The molecular formula is C10H8F2O4. The Morgan fingerprint density at radius 1 is 0.938 bits per heavy atom. The van der Waals surface area contributed by atoms with E-state index >= 15 is 0 Å². The van der Waals surface area contributed by atoms with E-state index in [-0.39, 0.29) is 13.2 Å². The van der Waals surface area contributed by atoms with E-state index < -0.39 is 23.6 Å². The Labute approximate surface area is 90.5 Å². The maximum absolute atomic E-state index is 12.0. The first-order valence-corrected chi connectivity index (χ1v) is 3.94. The summed E-state index contributed by atoms with van der Waals surface area (Å²) in [5, 5.41) is 0. The molecule has 0 saturated heterocycles. The van der Waals surface area contributed by atoms with E-state index in [0.717, 1.165) is 0 Å². The normalized spacial score (nSPS) is 8.38. The van der Waals surface area contributed by atoms with E-state index in [1.165, 1.54) is 0 Å². The molecule has 16 heavy (non-hydrogen) atoms. The summed E-state index contributed by atoms with van der Waals surface area (Å²) in [5.74, 6) is -0.436. The molecule has 0 fully saturated rings. The lowest BCUT2D eigenvalue weighted by atomic mass is 10.5. The zero-order valence-electron chi connectivity index (χ0n) is 8.22. The molecule has 0 aliphatic carbocycles. The molecule has 0 aromatic heterocycles. The summed E-state index contributed by atoms with van der Waals surface area (Å²) in [6.07, 6.45) is 0. The van der Waals surface area contributed by atoms with Gasteiger partial charge in [0.2, 0.25) is 11.7 Å². The van der Waals surface area contributed by atoms with Crippen LogP contribution in [0, 0.1) is 11.8 Å². The lowest BCUT2D eigenvalue weighted by Crippen LogP contribution is -2.05. The fraction of sp³-hybridized carbons (Fsp3) is 0.200. The summed E-state index contributed by atoms with van der Waals surface area (Å²) >= 11 is 0. The monoisotopic (exact) mass is 230 g/mol. The van der Waals surface area contributed by atoms with Gasteiger partial charge >= 0.3 is 11.9 Å². The SMILES string of the molecule is C=C(F)C(=O)OCC#CCOC(=O)C(=C)F. The number of hydrogen-bond acceptors (Lipinski definition) is 4. The van der Waals surface area contributed by atoms with E-state index in [0.29, 0.717) is 0 Å². The molecule has 0 bridgehead atoms. The van der Waals surface area contributed by atoms with Crippen molar-refractivity contribution in [3.8, 4) is 11.8 Å². The summed E-state index contributed by atoms with van der Waals surface area (Å²) < 4.78 is 32.5. The van der Waals surface area contributed by atoms with E-state index in [1.54, 1.807) is 0 Å². The van der Waals surface area contributed by atoms with Gasteiger partial charge in [-0.05, 0) is 0 Å². The van der Waals surface area contributed by atoms with E-state index in [2.05, 4.69) is 34.5 Å². The molecule has 0 aliphatic rings. The third kappa shape index (κ3) is 6.32. The highest BCUT2D eigenvalue weighted by Crippen LogP contribution is 1.94. The van der Waals surface area contributed by atoms with Crippen LogP contribution in [0.1, 0.15) is 0 Å². The molecule has 0 rings (SSSR count). The number of ether oxygens (including phenoxy) is 2. The molecule has 0 aromatic rings. The fourth-order valence-corrected chi connectivity index (χ4v) is 0.462. The van der Waals surface area contributed by atoms with Crippen LogP contribution in [-0.2, 0) is 19.1 Å². The van der Waals surface area contributed by atoms with E-state index in [1.807, 2.05) is 0 Å². The van der Waals surface area contributed by atoms with Gasteiger partial charge in [0.15, 0.2) is 13.2 Å². The van der Waals surface area contributed by atoms with Crippen LogP contribution in [0.15, 0.2) is 24.8 Å². The average Bonchev–Trinajstić information content (AvgIpc) is 2.21. The molecule has 0 saturated carbocycles. The van der Waals surface area contributed by atoms with E-state index in [9.17, 15) is 18.4 Å². The smallest absolute Gasteiger partial charge is 0.367 e. The van der Waals surface area contributed by atoms with Crippen LogP contribution in [0.25, 0.3) is 0 Å². The summed E-state index contributed by atoms with van der Waals surface area (Å²) in [6, 6.07) is 0. The van der Waals surface area contributed by atoms with Gasteiger partial charge in [-0.3, -0.25) is 0 Å². The van der Waals surface area contributed by atoms with Crippen LogP contribution >= 0.6 is 0 Å². The quantitative estimate of drug-likeness (QED) is 0.411. The highest BCUT2D eigenvalue weighted by atomic mass is 19.1. The fourth-order valence-electron chi connectivity index (χ4n) is 0.462. The van der Waals surface area contributed by atoms with Gasteiger partial charge in [-0.15, -0.1) is 0 Å². The van der Waals surface area contributed by atoms with Crippen LogP contribution in [-0.4, -0.2) is 25.2 Å². The van der Waals surface area contributed by atoms with Gasteiger partial charge in [-0.1, -0.05) is 25.0 Å². The second kappa shape index (κ2) is 7.17. The van der Waals surface area contributed by atoms with Crippen LogP contribution in [0.3, 0.4) is 0 Å². The number of esters is 2. The number of carbonyl (C=O) groups is 2. The third-order valence-corrected chi connectivity index (χ3v) is 1.12. The molecule has 0 N–H and O–H groups in total. The molecule has 0 radical (unpaired) electrons. The third-order valence-electron chi connectivity index (χ3n) is 1.12. The maximum atomic E-state index is 12.0. The van der Waals surface area contributed by atoms with Crippen LogP contribution in [0.2, 0.25) is 0 Å². The Bertz CT molecular complexity index is 342. The van der Waals surface area contributed by atoms with E-state index in [4.69, 9.17) is 0 Å². The Morgan fingerprint density at radius 3 is 1.50 bits per heavy atom. The molecule has 0 spiro atoms. The molecule has 0 aliphatic heterocycles. The summed E-state index contributed by atoms with van der Waals surface area (Å²) in [6.45, 7) is 4.65. The van der Waals surface area contributed by atoms with Crippen LogP contribution < -0.4 is 0 Å².